The van der Waals surface area contributed by atoms with Gasteiger partial charge in [0.15, 0.2) is 0 Å². The van der Waals surface area contributed by atoms with Gasteiger partial charge in [0.2, 0.25) is 5.91 Å². The molecule has 126 valence electrons. The van der Waals surface area contributed by atoms with Crippen molar-refractivity contribution in [2.45, 2.75) is 57.5 Å². The van der Waals surface area contributed by atoms with Crippen molar-refractivity contribution in [3.63, 3.8) is 0 Å². The number of carbonyl (C=O) groups is 2. The predicted octanol–water partition coefficient (Wildman–Crippen LogP) is 2.28. The molecule has 1 aromatic rings. The molecule has 1 heterocycles. The molecule has 6 nitrogen and oxygen atoms in total. The summed E-state index contributed by atoms with van der Waals surface area (Å²) >= 11 is 0. The minimum atomic E-state index is -0.176. The number of pyridine rings is 1. The van der Waals surface area contributed by atoms with Crippen LogP contribution in [0.15, 0.2) is 24.5 Å². The third-order valence-corrected chi connectivity index (χ3v) is 4.14. The first kappa shape index (κ1) is 17.2. The molecule has 23 heavy (non-hydrogen) atoms. The van der Waals surface area contributed by atoms with E-state index >= 15 is 0 Å². The lowest BCUT2D eigenvalue weighted by atomic mass is 9.96. The number of nitrogens with one attached hydrogen (secondary N) is 3. The van der Waals surface area contributed by atoms with E-state index in [1.54, 1.807) is 12.4 Å². The normalized spacial score (nSPS) is 16.4. The molecule has 2 rings (SSSR count). The zero-order valence-electron chi connectivity index (χ0n) is 13.7. The Morgan fingerprint density at radius 3 is 2.78 bits per heavy atom. The van der Waals surface area contributed by atoms with Gasteiger partial charge in [-0.25, -0.2) is 4.79 Å². The number of amides is 3. The molecule has 0 bridgehead atoms. The van der Waals surface area contributed by atoms with Gasteiger partial charge in [-0.3, -0.25) is 9.78 Å². The fraction of sp³-hybridized carbons (Fsp3) is 0.588. The fourth-order valence-corrected chi connectivity index (χ4v) is 2.80. The van der Waals surface area contributed by atoms with E-state index in [4.69, 9.17) is 0 Å². The topological polar surface area (TPSA) is 83.1 Å². The molecule has 0 aromatic carbocycles. The third kappa shape index (κ3) is 6.26. The SMILES string of the molecule is CC(NC(=O)CCNC(=O)NC1CCCCC1)c1cccnc1. The predicted molar refractivity (Wildman–Crippen MR) is 88.8 cm³/mol. The average Bonchev–Trinajstić information content (AvgIpc) is 2.56. The van der Waals surface area contributed by atoms with E-state index in [0.29, 0.717) is 6.54 Å². The number of rotatable bonds is 6. The Bertz CT molecular complexity index is 501. The van der Waals surface area contributed by atoms with Gasteiger partial charge in [-0.05, 0) is 31.4 Å². The van der Waals surface area contributed by atoms with Gasteiger partial charge in [0.05, 0.1) is 6.04 Å². The Hall–Kier alpha value is -2.11. The maximum atomic E-state index is 11.9. The van der Waals surface area contributed by atoms with E-state index in [1.165, 1.54) is 19.3 Å². The minimum Gasteiger partial charge on any atom is -0.349 e. The zero-order valence-corrected chi connectivity index (χ0v) is 13.7. The first-order valence-electron chi connectivity index (χ1n) is 8.39. The summed E-state index contributed by atoms with van der Waals surface area (Å²) in [5.74, 6) is -0.0840. The summed E-state index contributed by atoms with van der Waals surface area (Å²) < 4.78 is 0. The van der Waals surface area contributed by atoms with Crippen LogP contribution < -0.4 is 16.0 Å². The Morgan fingerprint density at radius 1 is 1.30 bits per heavy atom. The van der Waals surface area contributed by atoms with Crippen LogP contribution in [0.1, 0.15) is 57.1 Å². The average molecular weight is 318 g/mol. The number of hydrogen-bond acceptors (Lipinski definition) is 3. The van der Waals surface area contributed by atoms with Crippen LogP contribution in [0.2, 0.25) is 0 Å². The summed E-state index contributed by atoms with van der Waals surface area (Å²) in [6, 6.07) is 3.78. The van der Waals surface area contributed by atoms with Crippen molar-refractivity contribution in [2.75, 3.05) is 6.54 Å². The zero-order chi connectivity index (χ0) is 16.5. The van der Waals surface area contributed by atoms with Crippen LogP contribution >= 0.6 is 0 Å². The second-order valence-electron chi connectivity index (χ2n) is 6.06. The molecule has 0 aliphatic heterocycles. The number of hydrogen-bond donors (Lipinski definition) is 3. The maximum Gasteiger partial charge on any atom is 0.315 e. The molecule has 1 atom stereocenters. The smallest absolute Gasteiger partial charge is 0.315 e. The Morgan fingerprint density at radius 2 is 2.09 bits per heavy atom. The van der Waals surface area contributed by atoms with Crippen LogP contribution in [-0.2, 0) is 4.79 Å². The first-order valence-corrected chi connectivity index (χ1v) is 8.39. The minimum absolute atomic E-state index is 0.0840. The van der Waals surface area contributed by atoms with Gasteiger partial charge in [-0.15, -0.1) is 0 Å². The second-order valence-corrected chi connectivity index (χ2v) is 6.06. The van der Waals surface area contributed by atoms with E-state index in [-0.39, 0.29) is 30.4 Å². The summed E-state index contributed by atoms with van der Waals surface area (Å²) in [6.45, 7) is 2.25. The molecule has 0 spiro atoms. The van der Waals surface area contributed by atoms with E-state index < -0.39 is 0 Å². The Kier molecular flexibility index (Phi) is 6.84. The number of nitrogens with zero attached hydrogens (tertiary/aromatic N) is 1. The van der Waals surface area contributed by atoms with E-state index in [1.807, 2.05) is 19.1 Å². The highest BCUT2D eigenvalue weighted by molar-refractivity contribution is 5.78. The highest BCUT2D eigenvalue weighted by atomic mass is 16.2. The van der Waals surface area contributed by atoms with E-state index in [9.17, 15) is 9.59 Å². The summed E-state index contributed by atoms with van der Waals surface area (Å²) in [7, 11) is 0. The largest absolute Gasteiger partial charge is 0.349 e. The highest BCUT2D eigenvalue weighted by Gasteiger charge is 2.15. The molecule has 0 radical (unpaired) electrons. The van der Waals surface area contributed by atoms with Crippen LogP contribution in [0.4, 0.5) is 4.79 Å². The molecule has 1 aliphatic carbocycles. The molecular weight excluding hydrogens is 292 g/mol. The molecule has 1 fully saturated rings. The molecule has 3 amide bonds. The van der Waals surface area contributed by atoms with Crippen molar-refractivity contribution in [2.24, 2.45) is 0 Å². The number of aromatic nitrogens is 1. The molecule has 6 heteroatoms. The molecule has 1 saturated carbocycles. The molecular formula is C17H26N4O2. The molecule has 1 unspecified atom stereocenters. The lowest BCUT2D eigenvalue weighted by molar-refractivity contribution is -0.121. The van der Waals surface area contributed by atoms with Crippen LogP contribution in [-0.4, -0.2) is 29.5 Å². The van der Waals surface area contributed by atoms with Gasteiger partial charge >= 0.3 is 6.03 Å². The molecule has 3 N–H and O–H groups in total. The first-order chi connectivity index (χ1) is 11.1. The molecule has 0 saturated heterocycles. The Labute approximate surface area is 137 Å². The summed E-state index contributed by atoms with van der Waals surface area (Å²) in [5, 5.41) is 8.62. The van der Waals surface area contributed by atoms with Gasteiger partial charge < -0.3 is 16.0 Å². The summed E-state index contributed by atoms with van der Waals surface area (Å²) in [5.41, 5.74) is 0.962. The van der Waals surface area contributed by atoms with Crippen molar-refractivity contribution in [1.29, 1.82) is 0 Å². The third-order valence-electron chi connectivity index (χ3n) is 4.14. The van der Waals surface area contributed by atoms with Gasteiger partial charge in [-0.2, -0.15) is 0 Å². The van der Waals surface area contributed by atoms with Crippen LogP contribution in [0, 0.1) is 0 Å². The van der Waals surface area contributed by atoms with Crippen molar-refractivity contribution < 1.29 is 9.59 Å². The Balaban J connectivity index is 1.61. The summed E-state index contributed by atoms with van der Waals surface area (Å²) in [6.07, 6.45) is 9.43. The van der Waals surface area contributed by atoms with Crippen molar-refractivity contribution in [3.8, 4) is 0 Å². The maximum absolute atomic E-state index is 11.9. The van der Waals surface area contributed by atoms with Gasteiger partial charge in [0.25, 0.3) is 0 Å². The van der Waals surface area contributed by atoms with Crippen molar-refractivity contribution >= 4 is 11.9 Å². The van der Waals surface area contributed by atoms with E-state index in [2.05, 4.69) is 20.9 Å². The van der Waals surface area contributed by atoms with Crippen molar-refractivity contribution in [1.82, 2.24) is 20.9 Å². The van der Waals surface area contributed by atoms with Gasteiger partial charge in [0, 0.05) is 31.4 Å². The van der Waals surface area contributed by atoms with Crippen molar-refractivity contribution in [3.05, 3.63) is 30.1 Å². The lowest BCUT2D eigenvalue weighted by Crippen LogP contribution is -2.43. The number of urea groups is 1. The monoisotopic (exact) mass is 318 g/mol. The highest BCUT2D eigenvalue weighted by Crippen LogP contribution is 2.17. The van der Waals surface area contributed by atoms with Crippen LogP contribution in [0.25, 0.3) is 0 Å². The fourth-order valence-electron chi connectivity index (χ4n) is 2.80. The molecule has 1 aromatic heterocycles. The number of carbonyl (C=O) groups excluding carboxylic acids is 2. The van der Waals surface area contributed by atoms with E-state index in [0.717, 1.165) is 18.4 Å². The second kappa shape index (κ2) is 9.12. The lowest BCUT2D eigenvalue weighted by Gasteiger charge is -2.22. The van der Waals surface area contributed by atoms with Crippen LogP contribution in [0.3, 0.4) is 0 Å². The molecule has 1 aliphatic rings. The standard InChI is InChI=1S/C17H26N4O2/c1-13(14-6-5-10-18-12-14)20-16(22)9-11-19-17(23)21-15-7-3-2-4-8-15/h5-6,10,12-13,15H,2-4,7-9,11H2,1H3,(H,20,22)(H2,19,21,23). The van der Waals surface area contributed by atoms with Gasteiger partial charge in [-0.1, -0.05) is 25.3 Å². The summed E-state index contributed by atoms with van der Waals surface area (Å²) in [4.78, 5) is 27.7. The van der Waals surface area contributed by atoms with Gasteiger partial charge in [0.1, 0.15) is 0 Å². The van der Waals surface area contributed by atoms with Crippen LogP contribution in [0.5, 0.6) is 0 Å². The quantitative estimate of drug-likeness (QED) is 0.752.